The van der Waals surface area contributed by atoms with E-state index in [1.165, 1.54) is 0 Å². The normalized spacial score (nSPS) is 27.0. The van der Waals surface area contributed by atoms with Crippen LogP contribution in [0.3, 0.4) is 0 Å². The van der Waals surface area contributed by atoms with Gasteiger partial charge in [-0.25, -0.2) is 4.39 Å². The van der Waals surface area contributed by atoms with Crippen LogP contribution in [0, 0.1) is 5.92 Å². The molecule has 0 bridgehead atoms. The van der Waals surface area contributed by atoms with Crippen molar-refractivity contribution in [1.82, 2.24) is 0 Å². The molecule has 0 aromatic heterocycles. The summed E-state index contributed by atoms with van der Waals surface area (Å²) in [5, 5.41) is 0. The van der Waals surface area contributed by atoms with Crippen molar-refractivity contribution in [2.24, 2.45) is 5.92 Å². The zero-order chi connectivity index (χ0) is 4.57. The van der Waals surface area contributed by atoms with Crippen LogP contribution in [-0.4, -0.2) is 6.17 Å². The van der Waals surface area contributed by atoms with Crippen molar-refractivity contribution >= 4 is 0 Å². The molecule has 6 heavy (non-hydrogen) atoms. The number of alkyl halides is 1. The molecule has 0 nitrogen and oxygen atoms in total. The molecule has 0 aliphatic heterocycles. The fraction of sp³-hybridized carbons (Fsp3) is 1.00. The molecule has 0 radical (unpaired) electrons. The molecule has 0 unspecified atom stereocenters. The van der Waals surface area contributed by atoms with Crippen LogP contribution in [-0.2, 0) is 0 Å². The maximum Gasteiger partial charge on any atom is 0.100 e. The summed E-state index contributed by atoms with van der Waals surface area (Å²) in [7, 11) is 0. The van der Waals surface area contributed by atoms with E-state index in [9.17, 15) is 4.39 Å². The number of rotatable bonds is 1. The summed E-state index contributed by atoms with van der Waals surface area (Å²) in [5.41, 5.74) is 0. The van der Waals surface area contributed by atoms with Gasteiger partial charge in [-0.1, -0.05) is 0 Å². The first-order chi connectivity index (χ1) is 2.80. The Balaban J connectivity index is 2.13. The van der Waals surface area contributed by atoms with Crippen molar-refractivity contribution in [2.75, 3.05) is 0 Å². The van der Waals surface area contributed by atoms with Crippen LogP contribution in [0.1, 0.15) is 19.8 Å². The Morgan fingerprint density at radius 1 is 1.67 bits per heavy atom. The highest BCUT2D eigenvalue weighted by molar-refractivity contribution is 4.77. The fourth-order valence-corrected chi connectivity index (χ4v) is 0.556. The monoisotopic (exact) mass is 88.1 g/mol. The zero-order valence-electron chi connectivity index (χ0n) is 3.95. The van der Waals surface area contributed by atoms with E-state index in [0.717, 1.165) is 12.8 Å². The molecule has 1 atom stereocenters. The van der Waals surface area contributed by atoms with Crippen molar-refractivity contribution < 1.29 is 4.39 Å². The van der Waals surface area contributed by atoms with Gasteiger partial charge in [-0.3, -0.25) is 0 Å². The molecule has 0 saturated heterocycles. The van der Waals surface area contributed by atoms with E-state index in [1.54, 1.807) is 6.92 Å². The van der Waals surface area contributed by atoms with Crippen molar-refractivity contribution in [3.05, 3.63) is 0 Å². The van der Waals surface area contributed by atoms with Gasteiger partial charge in [0.2, 0.25) is 0 Å². The van der Waals surface area contributed by atoms with Crippen LogP contribution in [0.4, 0.5) is 4.39 Å². The Morgan fingerprint density at radius 2 is 2.17 bits per heavy atom. The molecule has 0 spiro atoms. The minimum Gasteiger partial charge on any atom is -0.247 e. The van der Waals surface area contributed by atoms with Gasteiger partial charge in [-0.15, -0.1) is 0 Å². The second-order valence-electron chi connectivity index (χ2n) is 2.01. The first kappa shape index (κ1) is 4.10. The number of hydrogen-bond donors (Lipinski definition) is 0. The lowest BCUT2D eigenvalue weighted by Gasteiger charge is -1.89. The second-order valence-corrected chi connectivity index (χ2v) is 2.01. The van der Waals surface area contributed by atoms with Gasteiger partial charge in [-0.2, -0.15) is 0 Å². The standard InChI is InChI=1S/C5H9F/c1-4(6)5-2-3-5/h4-5H,2-3H2,1H3/t4-/m1/s1. The van der Waals surface area contributed by atoms with Gasteiger partial charge >= 0.3 is 0 Å². The number of hydrogen-bond acceptors (Lipinski definition) is 0. The maximum absolute atomic E-state index is 11.9. The molecule has 1 aliphatic carbocycles. The summed E-state index contributed by atoms with van der Waals surface area (Å²) in [6.07, 6.45) is 1.71. The smallest absolute Gasteiger partial charge is 0.100 e. The molecule has 0 heterocycles. The molecule has 0 N–H and O–H groups in total. The summed E-state index contributed by atoms with van der Waals surface area (Å²) in [6.45, 7) is 1.64. The average molecular weight is 88.1 g/mol. The average Bonchev–Trinajstić information content (AvgIpc) is 2.06. The Bertz CT molecular complexity index is 45.9. The minimum absolute atomic E-state index is 0.435. The van der Waals surface area contributed by atoms with Crippen LogP contribution < -0.4 is 0 Å². The molecular weight excluding hydrogens is 79.1 g/mol. The lowest BCUT2D eigenvalue weighted by atomic mass is 10.3. The van der Waals surface area contributed by atoms with E-state index >= 15 is 0 Å². The van der Waals surface area contributed by atoms with Crippen molar-refractivity contribution in [3.63, 3.8) is 0 Å². The molecule has 1 heteroatoms. The zero-order valence-corrected chi connectivity index (χ0v) is 3.95. The Kier molecular flexibility index (Phi) is 0.827. The van der Waals surface area contributed by atoms with Gasteiger partial charge in [0, 0.05) is 0 Å². The lowest BCUT2D eigenvalue weighted by molar-refractivity contribution is 0.324. The second kappa shape index (κ2) is 1.21. The summed E-state index contributed by atoms with van der Waals surface area (Å²) < 4.78 is 11.9. The van der Waals surface area contributed by atoms with Gasteiger partial charge in [0.15, 0.2) is 0 Å². The Hall–Kier alpha value is -0.0700. The summed E-state index contributed by atoms with van der Waals surface area (Å²) in [4.78, 5) is 0. The van der Waals surface area contributed by atoms with Crippen LogP contribution in [0.25, 0.3) is 0 Å². The van der Waals surface area contributed by atoms with E-state index in [1.807, 2.05) is 0 Å². The highest BCUT2D eigenvalue weighted by Crippen LogP contribution is 2.33. The van der Waals surface area contributed by atoms with Gasteiger partial charge in [-0.05, 0) is 25.7 Å². The van der Waals surface area contributed by atoms with Crippen molar-refractivity contribution in [3.8, 4) is 0 Å². The van der Waals surface area contributed by atoms with Crippen LogP contribution in [0.2, 0.25) is 0 Å². The van der Waals surface area contributed by atoms with E-state index in [2.05, 4.69) is 0 Å². The summed E-state index contributed by atoms with van der Waals surface area (Å²) in [5.74, 6) is 0.435. The fourth-order valence-electron chi connectivity index (χ4n) is 0.556. The van der Waals surface area contributed by atoms with Crippen molar-refractivity contribution in [1.29, 1.82) is 0 Å². The number of halogens is 1. The van der Waals surface area contributed by atoms with E-state index in [0.29, 0.717) is 5.92 Å². The predicted molar refractivity (Wildman–Crippen MR) is 23.3 cm³/mol. The maximum atomic E-state index is 11.9. The largest absolute Gasteiger partial charge is 0.247 e. The Morgan fingerprint density at radius 3 is 2.17 bits per heavy atom. The molecule has 0 amide bonds. The molecule has 1 rings (SSSR count). The molecule has 0 aromatic carbocycles. The highest BCUT2D eigenvalue weighted by Gasteiger charge is 2.27. The molecule has 1 fully saturated rings. The van der Waals surface area contributed by atoms with Crippen molar-refractivity contribution in [2.45, 2.75) is 25.9 Å². The predicted octanol–water partition coefficient (Wildman–Crippen LogP) is 1.75. The molecule has 0 aromatic rings. The Labute approximate surface area is 37.4 Å². The van der Waals surface area contributed by atoms with E-state index in [-0.39, 0.29) is 0 Å². The van der Waals surface area contributed by atoms with Gasteiger partial charge < -0.3 is 0 Å². The van der Waals surface area contributed by atoms with Crippen LogP contribution in [0.5, 0.6) is 0 Å². The molecular formula is C5H9F. The first-order valence-electron chi connectivity index (χ1n) is 2.45. The lowest BCUT2D eigenvalue weighted by Crippen LogP contribution is -1.91. The third kappa shape index (κ3) is 0.703. The van der Waals surface area contributed by atoms with Gasteiger partial charge in [0.05, 0.1) is 0 Å². The topological polar surface area (TPSA) is 0 Å². The van der Waals surface area contributed by atoms with Crippen LogP contribution in [0.15, 0.2) is 0 Å². The van der Waals surface area contributed by atoms with Gasteiger partial charge in [0.1, 0.15) is 6.17 Å². The SMILES string of the molecule is C[C@@H](F)C1CC1. The third-order valence-electron chi connectivity index (χ3n) is 1.27. The summed E-state index contributed by atoms with van der Waals surface area (Å²) >= 11 is 0. The minimum atomic E-state index is -0.537. The quantitative estimate of drug-likeness (QED) is 0.458. The third-order valence-corrected chi connectivity index (χ3v) is 1.27. The summed E-state index contributed by atoms with van der Waals surface area (Å²) in [6, 6.07) is 0. The highest BCUT2D eigenvalue weighted by atomic mass is 19.1. The van der Waals surface area contributed by atoms with Crippen LogP contribution >= 0.6 is 0 Å². The first-order valence-corrected chi connectivity index (χ1v) is 2.45. The molecule has 1 aliphatic rings. The van der Waals surface area contributed by atoms with E-state index < -0.39 is 6.17 Å². The molecule has 1 saturated carbocycles. The molecule has 36 valence electrons. The van der Waals surface area contributed by atoms with Gasteiger partial charge in [0.25, 0.3) is 0 Å². The van der Waals surface area contributed by atoms with E-state index in [4.69, 9.17) is 0 Å².